The second-order valence-corrected chi connectivity index (χ2v) is 3.79. The third kappa shape index (κ3) is 7.09. The maximum absolute atomic E-state index is 11.5. The zero-order valence-electron chi connectivity index (χ0n) is 10.5. The number of likely N-dealkylation sites (N-methyl/N-ethyl adjacent to an activating group) is 1. The first-order chi connectivity index (χ1) is 7.61. The van der Waals surface area contributed by atoms with Crippen molar-refractivity contribution >= 4 is 11.9 Å². The molecule has 94 valence electrons. The van der Waals surface area contributed by atoms with E-state index in [1.165, 1.54) is 4.90 Å². The van der Waals surface area contributed by atoms with Crippen LogP contribution in [0.25, 0.3) is 0 Å². The summed E-state index contributed by atoms with van der Waals surface area (Å²) in [4.78, 5) is 24.2. The van der Waals surface area contributed by atoms with Crippen molar-refractivity contribution in [2.45, 2.75) is 33.1 Å². The maximum Gasteiger partial charge on any atom is 0.317 e. The highest BCUT2D eigenvalue weighted by molar-refractivity contribution is 5.83. The number of urea groups is 1. The summed E-state index contributed by atoms with van der Waals surface area (Å²) in [6, 6.07) is -0.194. The first kappa shape index (κ1) is 14.7. The first-order valence-electron chi connectivity index (χ1n) is 5.87. The second-order valence-electron chi connectivity index (χ2n) is 3.79. The Morgan fingerprint density at radius 3 is 2.31 bits per heavy atom. The summed E-state index contributed by atoms with van der Waals surface area (Å²) in [6.07, 6.45) is 2.90. The van der Waals surface area contributed by atoms with Crippen LogP contribution in [0.4, 0.5) is 4.79 Å². The Kier molecular flexibility index (Phi) is 8.29. The minimum atomic E-state index is -0.194. The molecule has 0 aromatic carbocycles. The van der Waals surface area contributed by atoms with Crippen LogP contribution in [-0.2, 0) is 4.79 Å². The van der Waals surface area contributed by atoms with Crippen LogP contribution >= 0.6 is 0 Å². The van der Waals surface area contributed by atoms with Crippen molar-refractivity contribution in [1.82, 2.24) is 15.5 Å². The molecule has 0 aliphatic rings. The van der Waals surface area contributed by atoms with Crippen LogP contribution in [0, 0.1) is 0 Å². The number of nitrogens with zero attached hydrogens (tertiary/aromatic N) is 1. The number of hydrogen-bond donors (Lipinski definition) is 2. The Balaban J connectivity index is 3.73. The summed E-state index contributed by atoms with van der Waals surface area (Å²) in [5.74, 6) is -0.116. The maximum atomic E-state index is 11.5. The van der Waals surface area contributed by atoms with Crippen molar-refractivity contribution < 1.29 is 9.59 Å². The van der Waals surface area contributed by atoms with Gasteiger partial charge in [0.1, 0.15) is 6.54 Å². The predicted molar refractivity (Wildman–Crippen MR) is 64.2 cm³/mol. The number of hydrogen-bond acceptors (Lipinski definition) is 2. The Morgan fingerprint density at radius 2 is 1.75 bits per heavy atom. The summed E-state index contributed by atoms with van der Waals surface area (Å²) >= 11 is 0. The molecule has 5 nitrogen and oxygen atoms in total. The van der Waals surface area contributed by atoms with Crippen LogP contribution in [0.5, 0.6) is 0 Å². The van der Waals surface area contributed by atoms with E-state index in [4.69, 9.17) is 0 Å². The van der Waals surface area contributed by atoms with Gasteiger partial charge in [-0.3, -0.25) is 4.79 Å². The predicted octanol–water partition coefficient (Wildman–Crippen LogP) is 0.954. The molecule has 0 aliphatic heterocycles. The van der Waals surface area contributed by atoms with Gasteiger partial charge >= 0.3 is 6.03 Å². The number of rotatable bonds is 7. The van der Waals surface area contributed by atoms with Crippen molar-refractivity contribution in [3.63, 3.8) is 0 Å². The molecule has 0 spiro atoms. The van der Waals surface area contributed by atoms with E-state index in [1.807, 2.05) is 6.92 Å². The van der Waals surface area contributed by atoms with Crippen molar-refractivity contribution in [3.05, 3.63) is 0 Å². The Hall–Kier alpha value is -1.26. The molecule has 0 heterocycles. The highest BCUT2D eigenvalue weighted by atomic mass is 16.2. The molecule has 0 saturated heterocycles. The van der Waals surface area contributed by atoms with Gasteiger partial charge in [-0.05, 0) is 12.8 Å². The second kappa shape index (κ2) is 9.00. The van der Waals surface area contributed by atoms with Gasteiger partial charge in [-0.25, -0.2) is 4.79 Å². The van der Waals surface area contributed by atoms with E-state index in [-0.39, 0.29) is 18.5 Å². The van der Waals surface area contributed by atoms with E-state index in [2.05, 4.69) is 17.6 Å². The molecule has 0 saturated carbocycles. The molecule has 0 fully saturated rings. The normalized spacial score (nSPS) is 9.69. The molecule has 0 radical (unpaired) electrons. The smallest absolute Gasteiger partial charge is 0.317 e. The number of nitrogens with one attached hydrogen (secondary N) is 2. The molecule has 0 unspecified atom stereocenters. The van der Waals surface area contributed by atoms with E-state index in [9.17, 15) is 9.59 Å². The molecular weight excluding hydrogens is 206 g/mol. The fraction of sp³-hybridized carbons (Fsp3) is 0.818. The lowest BCUT2D eigenvalue weighted by atomic mass is 10.3. The van der Waals surface area contributed by atoms with Crippen LogP contribution in [0.15, 0.2) is 0 Å². The first-order valence-corrected chi connectivity index (χ1v) is 5.87. The van der Waals surface area contributed by atoms with Crippen molar-refractivity contribution in [1.29, 1.82) is 0 Å². The highest BCUT2D eigenvalue weighted by Crippen LogP contribution is 1.87. The number of carbonyl (C=O) groups is 2. The van der Waals surface area contributed by atoms with E-state index in [0.717, 1.165) is 19.3 Å². The molecule has 3 amide bonds. The lowest BCUT2D eigenvalue weighted by molar-refractivity contribution is -0.121. The number of unbranched alkanes of at least 4 members (excludes halogenated alkanes) is 1. The highest BCUT2D eigenvalue weighted by Gasteiger charge is 2.11. The lowest BCUT2D eigenvalue weighted by Gasteiger charge is -2.17. The van der Waals surface area contributed by atoms with Crippen LogP contribution in [-0.4, -0.2) is 43.5 Å². The molecule has 0 aromatic heterocycles. The largest absolute Gasteiger partial charge is 0.355 e. The van der Waals surface area contributed by atoms with Gasteiger partial charge in [0.15, 0.2) is 0 Å². The van der Waals surface area contributed by atoms with Crippen LogP contribution in [0.2, 0.25) is 0 Å². The van der Waals surface area contributed by atoms with Gasteiger partial charge in [-0.15, -0.1) is 0 Å². The van der Waals surface area contributed by atoms with E-state index in [1.54, 1.807) is 7.05 Å². The summed E-state index contributed by atoms with van der Waals surface area (Å²) in [7, 11) is 1.62. The minimum Gasteiger partial charge on any atom is -0.355 e. The third-order valence-corrected chi connectivity index (χ3v) is 2.11. The summed E-state index contributed by atoms with van der Waals surface area (Å²) in [5, 5.41) is 5.48. The SMILES string of the molecule is CCCCNC(=O)N(C)CC(=O)NCCC. The zero-order valence-corrected chi connectivity index (χ0v) is 10.5. The fourth-order valence-corrected chi connectivity index (χ4v) is 1.11. The van der Waals surface area contributed by atoms with Crippen molar-refractivity contribution in [3.8, 4) is 0 Å². The Morgan fingerprint density at radius 1 is 1.06 bits per heavy atom. The third-order valence-electron chi connectivity index (χ3n) is 2.11. The van der Waals surface area contributed by atoms with Gasteiger partial charge in [0.2, 0.25) is 5.91 Å². The molecule has 16 heavy (non-hydrogen) atoms. The summed E-state index contributed by atoms with van der Waals surface area (Å²) < 4.78 is 0. The molecule has 0 aliphatic carbocycles. The average molecular weight is 229 g/mol. The van der Waals surface area contributed by atoms with Gasteiger partial charge in [0.25, 0.3) is 0 Å². The van der Waals surface area contributed by atoms with E-state index >= 15 is 0 Å². The van der Waals surface area contributed by atoms with Crippen LogP contribution in [0.3, 0.4) is 0 Å². The van der Waals surface area contributed by atoms with Gasteiger partial charge in [-0.1, -0.05) is 20.3 Å². The number of carbonyl (C=O) groups excluding carboxylic acids is 2. The summed E-state index contributed by atoms with van der Waals surface area (Å²) in [6.45, 7) is 5.48. The van der Waals surface area contributed by atoms with E-state index < -0.39 is 0 Å². The molecular formula is C11H23N3O2. The van der Waals surface area contributed by atoms with Crippen LogP contribution < -0.4 is 10.6 Å². The quantitative estimate of drug-likeness (QED) is 0.639. The van der Waals surface area contributed by atoms with Gasteiger partial charge in [-0.2, -0.15) is 0 Å². The monoisotopic (exact) mass is 229 g/mol. The minimum absolute atomic E-state index is 0.109. The van der Waals surface area contributed by atoms with Crippen molar-refractivity contribution in [2.24, 2.45) is 0 Å². The fourth-order valence-electron chi connectivity index (χ4n) is 1.11. The molecule has 0 aromatic rings. The average Bonchev–Trinajstić information content (AvgIpc) is 2.26. The molecule has 5 heteroatoms. The zero-order chi connectivity index (χ0) is 12.4. The standard InChI is InChI=1S/C11H23N3O2/c1-4-6-8-13-11(16)14(3)9-10(15)12-7-5-2/h4-9H2,1-3H3,(H,12,15)(H,13,16). The Labute approximate surface area is 97.6 Å². The Bertz CT molecular complexity index is 219. The van der Waals surface area contributed by atoms with Crippen molar-refractivity contribution in [2.75, 3.05) is 26.7 Å². The van der Waals surface area contributed by atoms with Gasteiger partial charge < -0.3 is 15.5 Å². The lowest BCUT2D eigenvalue weighted by Crippen LogP contribution is -2.43. The molecule has 0 rings (SSSR count). The van der Waals surface area contributed by atoms with Crippen LogP contribution in [0.1, 0.15) is 33.1 Å². The topological polar surface area (TPSA) is 61.4 Å². The number of amides is 3. The van der Waals surface area contributed by atoms with E-state index in [0.29, 0.717) is 13.1 Å². The van der Waals surface area contributed by atoms with Gasteiger partial charge in [0.05, 0.1) is 0 Å². The molecule has 0 atom stereocenters. The molecule has 0 bridgehead atoms. The summed E-state index contributed by atoms with van der Waals surface area (Å²) in [5.41, 5.74) is 0. The molecule has 2 N–H and O–H groups in total. The van der Waals surface area contributed by atoms with Gasteiger partial charge in [0, 0.05) is 20.1 Å².